The Labute approximate surface area is 116 Å². The molecule has 1 aromatic rings. The van der Waals surface area contributed by atoms with Crippen molar-refractivity contribution < 1.29 is 13.2 Å². The number of hydrogen-bond acceptors (Lipinski definition) is 3. The lowest BCUT2D eigenvalue weighted by atomic mass is 10.2. The Bertz CT molecular complexity index is 507. The average molecular weight is 310 g/mol. The zero-order valence-electron chi connectivity index (χ0n) is 9.60. The van der Waals surface area contributed by atoms with Crippen molar-refractivity contribution in [1.82, 2.24) is 4.31 Å². The second-order valence-corrected chi connectivity index (χ2v) is 6.75. The van der Waals surface area contributed by atoms with Crippen LogP contribution < -0.4 is 0 Å². The minimum atomic E-state index is -3.40. The normalized spacial score (nSPS) is 17.9. The van der Waals surface area contributed by atoms with E-state index >= 15 is 0 Å². The third-order valence-electron chi connectivity index (χ3n) is 2.75. The van der Waals surface area contributed by atoms with E-state index in [1.165, 1.54) is 4.31 Å². The van der Waals surface area contributed by atoms with E-state index in [4.69, 9.17) is 27.9 Å². The van der Waals surface area contributed by atoms with Crippen molar-refractivity contribution in [2.75, 3.05) is 26.3 Å². The lowest BCUT2D eigenvalue weighted by Crippen LogP contribution is -2.41. The summed E-state index contributed by atoms with van der Waals surface area (Å²) in [6, 6.07) is 4.96. The average Bonchev–Trinajstić information content (AvgIpc) is 2.35. The lowest BCUT2D eigenvalue weighted by molar-refractivity contribution is 0.0729. The molecule has 7 heteroatoms. The molecule has 0 atom stereocenters. The van der Waals surface area contributed by atoms with E-state index in [1.54, 1.807) is 18.2 Å². The zero-order chi connectivity index (χ0) is 13.2. The zero-order valence-corrected chi connectivity index (χ0v) is 11.9. The Balaban J connectivity index is 2.22. The van der Waals surface area contributed by atoms with Crippen LogP contribution in [0.3, 0.4) is 0 Å². The summed E-state index contributed by atoms with van der Waals surface area (Å²) in [5.74, 6) is -0.175. The molecule has 0 unspecified atom stereocenters. The highest BCUT2D eigenvalue weighted by atomic mass is 35.5. The van der Waals surface area contributed by atoms with Gasteiger partial charge in [0.25, 0.3) is 0 Å². The topological polar surface area (TPSA) is 46.6 Å². The van der Waals surface area contributed by atoms with Crippen LogP contribution in [0.4, 0.5) is 0 Å². The number of hydrogen-bond donors (Lipinski definition) is 0. The number of sulfonamides is 1. The van der Waals surface area contributed by atoms with Gasteiger partial charge in [-0.25, -0.2) is 8.42 Å². The molecule has 0 aromatic heterocycles. The number of benzene rings is 1. The Morgan fingerprint density at radius 2 is 1.72 bits per heavy atom. The molecule has 1 fully saturated rings. The highest BCUT2D eigenvalue weighted by Crippen LogP contribution is 2.27. The van der Waals surface area contributed by atoms with Gasteiger partial charge in [0.05, 0.1) is 19.0 Å². The van der Waals surface area contributed by atoms with Gasteiger partial charge in [-0.1, -0.05) is 29.3 Å². The van der Waals surface area contributed by atoms with Gasteiger partial charge >= 0.3 is 0 Å². The van der Waals surface area contributed by atoms with Crippen molar-refractivity contribution in [2.24, 2.45) is 0 Å². The Morgan fingerprint density at radius 3 is 2.28 bits per heavy atom. The predicted molar refractivity (Wildman–Crippen MR) is 71.5 cm³/mol. The smallest absolute Gasteiger partial charge is 0.218 e. The molecule has 0 N–H and O–H groups in total. The second-order valence-electron chi connectivity index (χ2n) is 3.97. The van der Waals surface area contributed by atoms with Crippen molar-refractivity contribution in [1.29, 1.82) is 0 Å². The van der Waals surface area contributed by atoms with E-state index in [1.807, 2.05) is 0 Å². The molecule has 1 heterocycles. The van der Waals surface area contributed by atoms with Crippen molar-refractivity contribution in [3.05, 3.63) is 33.8 Å². The van der Waals surface area contributed by atoms with E-state index in [0.717, 1.165) is 0 Å². The van der Waals surface area contributed by atoms with Gasteiger partial charge in [0.15, 0.2) is 0 Å². The Morgan fingerprint density at radius 1 is 1.17 bits per heavy atom. The number of ether oxygens (including phenoxy) is 1. The van der Waals surface area contributed by atoms with Crippen LogP contribution in [-0.2, 0) is 20.5 Å². The lowest BCUT2D eigenvalue weighted by Gasteiger charge is -2.26. The standard InChI is InChI=1S/C11H13Cl2NO3S/c12-10-2-1-3-11(13)9(10)8-18(15,16)14-4-6-17-7-5-14/h1-3H,4-8H2. The Hall–Kier alpha value is -0.330. The third-order valence-corrected chi connectivity index (χ3v) is 5.27. The van der Waals surface area contributed by atoms with Crippen molar-refractivity contribution >= 4 is 33.2 Å². The van der Waals surface area contributed by atoms with E-state index < -0.39 is 10.0 Å². The first kappa shape index (κ1) is 14.1. The summed E-state index contributed by atoms with van der Waals surface area (Å²) < 4.78 is 31.0. The van der Waals surface area contributed by atoms with Gasteiger partial charge in [-0.15, -0.1) is 0 Å². The van der Waals surface area contributed by atoms with Gasteiger partial charge in [-0.3, -0.25) is 0 Å². The molecule has 1 aromatic carbocycles. The number of morpholine rings is 1. The summed E-state index contributed by atoms with van der Waals surface area (Å²) in [7, 11) is -3.40. The molecule has 0 saturated carbocycles. The number of rotatable bonds is 3. The summed E-state index contributed by atoms with van der Waals surface area (Å²) in [5, 5.41) is 0.749. The van der Waals surface area contributed by atoms with E-state index in [9.17, 15) is 8.42 Å². The maximum atomic E-state index is 12.2. The van der Waals surface area contributed by atoms with Crippen LogP contribution in [0.25, 0.3) is 0 Å². The van der Waals surface area contributed by atoms with Crippen LogP contribution in [0.15, 0.2) is 18.2 Å². The van der Waals surface area contributed by atoms with E-state index in [2.05, 4.69) is 0 Å². The summed E-state index contributed by atoms with van der Waals surface area (Å²) in [5.41, 5.74) is 0.451. The molecule has 1 aliphatic rings. The first-order valence-corrected chi connectivity index (χ1v) is 7.86. The molecule has 0 bridgehead atoms. The van der Waals surface area contributed by atoms with Gasteiger partial charge in [0.1, 0.15) is 0 Å². The highest BCUT2D eigenvalue weighted by Gasteiger charge is 2.26. The van der Waals surface area contributed by atoms with Gasteiger partial charge in [-0.2, -0.15) is 4.31 Å². The molecular weight excluding hydrogens is 297 g/mol. The van der Waals surface area contributed by atoms with Crippen molar-refractivity contribution in [3.8, 4) is 0 Å². The number of nitrogens with zero attached hydrogens (tertiary/aromatic N) is 1. The molecule has 0 spiro atoms. The van der Waals surface area contributed by atoms with Crippen LogP contribution in [0, 0.1) is 0 Å². The first-order chi connectivity index (χ1) is 8.50. The third kappa shape index (κ3) is 3.16. The molecule has 4 nitrogen and oxygen atoms in total. The largest absolute Gasteiger partial charge is 0.379 e. The fourth-order valence-electron chi connectivity index (χ4n) is 1.77. The van der Waals surface area contributed by atoms with Crippen molar-refractivity contribution in [3.63, 3.8) is 0 Å². The Kier molecular flexibility index (Phi) is 4.50. The van der Waals surface area contributed by atoms with Crippen LogP contribution in [0.2, 0.25) is 10.0 Å². The predicted octanol–water partition coefficient (Wildman–Crippen LogP) is 2.16. The molecule has 1 saturated heterocycles. The quantitative estimate of drug-likeness (QED) is 0.859. The maximum Gasteiger partial charge on any atom is 0.218 e. The molecule has 0 amide bonds. The fourth-order valence-corrected chi connectivity index (χ4v) is 4.02. The fraction of sp³-hybridized carbons (Fsp3) is 0.455. The van der Waals surface area contributed by atoms with Crippen molar-refractivity contribution in [2.45, 2.75) is 5.75 Å². The molecule has 0 radical (unpaired) electrons. The van der Waals surface area contributed by atoms with E-state index in [-0.39, 0.29) is 5.75 Å². The monoisotopic (exact) mass is 309 g/mol. The van der Waals surface area contributed by atoms with Crippen LogP contribution >= 0.6 is 23.2 Å². The van der Waals surface area contributed by atoms with Crippen LogP contribution in [0.1, 0.15) is 5.56 Å². The van der Waals surface area contributed by atoms with Crippen LogP contribution in [-0.4, -0.2) is 39.0 Å². The number of halogens is 2. The molecule has 0 aliphatic carbocycles. The van der Waals surface area contributed by atoms with Gasteiger partial charge in [0, 0.05) is 28.7 Å². The minimum absolute atomic E-state index is 0.175. The first-order valence-electron chi connectivity index (χ1n) is 5.49. The highest BCUT2D eigenvalue weighted by molar-refractivity contribution is 7.88. The summed E-state index contributed by atoms with van der Waals surface area (Å²) in [4.78, 5) is 0. The summed E-state index contributed by atoms with van der Waals surface area (Å²) >= 11 is 12.0. The molecule has 2 rings (SSSR count). The van der Waals surface area contributed by atoms with E-state index in [0.29, 0.717) is 41.9 Å². The van der Waals surface area contributed by atoms with Gasteiger partial charge in [-0.05, 0) is 12.1 Å². The minimum Gasteiger partial charge on any atom is -0.379 e. The summed E-state index contributed by atoms with van der Waals surface area (Å²) in [6.45, 7) is 1.61. The second kappa shape index (κ2) is 5.75. The molecular formula is C11H13Cl2NO3S. The van der Waals surface area contributed by atoms with Gasteiger partial charge in [0.2, 0.25) is 10.0 Å². The SMILES string of the molecule is O=S(=O)(Cc1c(Cl)cccc1Cl)N1CCOCC1. The summed E-state index contributed by atoms with van der Waals surface area (Å²) in [6.07, 6.45) is 0. The maximum absolute atomic E-state index is 12.2. The molecule has 100 valence electrons. The van der Waals surface area contributed by atoms with Gasteiger partial charge < -0.3 is 4.74 Å². The molecule has 1 aliphatic heterocycles. The van der Waals surface area contributed by atoms with Crippen LogP contribution in [0.5, 0.6) is 0 Å². The molecule has 18 heavy (non-hydrogen) atoms.